The summed E-state index contributed by atoms with van der Waals surface area (Å²) in [6.45, 7) is 6.95. The summed E-state index contributed by atoms with van der Waals surface area (Å²) >= 11 is 0. The van der Waals surface area contributed by atoms with Crippen molar-refractivity contribution in [2.24, 2.45) is 34.5 Å². The molecule has 172 valence electrons. The zero-order valence-electron chi connectivity index (χ0n) is 19.7. The summed E-state index contributed by atoms with van der Waals surface area (Å²) in [5.41, 5.74) is 3.37. The van der Waals surface area contributed by atoms with Gasteiger partial charge in [0.2, 0.25) is 11.8 Å². The van der Waals surface area contributed by atoms with E-state index >= 15 is 0 Å². The summed E-state index contributed by atoms with van der Waals surface area (Å²) in [6.07, 6.45) is 6.81. The van der Waals surface area contributed by atoms with Gasteiger partial charge in [-0.15, -0.1) is 0 Å². The van der Waals surface area contributed by atoms with Crippen LogP contribution in [0.3, 0.4) is 0 Å². The third-order valence-electron chi connectivity index (χ3n) is 9.74. The van der Waals surface area contributed by atoms with Crippen LogP contribution in [0.2, 0.25) is 0 Å². The fraction of sp³-hybridized carbons (Fsp3) is 0.630. The molecule has 5 heteroatoms. The number of piperidine rings is 1. The minimum absolute atomic E-state index is 0.00416. The first kappa shape index (κ1) is 21.7. The zero-order chi connectivity index (χ0) is 22.8. The van der Waals surface area contributed by atoms with Gasteiger partial charge in [0.15, 0.2) is 0 Å². The molecule has 3 fully saturated rings. The minimum atomic E-state index is -0.294. The molecule has 6 atom stereocenters. The van der Waals surface area contributed by atoms with E-state index in [1.165, 1.54) is 23.4 Å². The minimum Gasteiger partial charge on any atom is -0.326 e. The molecule has 1 saturated heterocycles. The molecule has 1 heterocycles. The average Bonchev–Trinajstić information content (AvgIpc) is 3.10. The first-order chi connectivity index (χ1) is 15.1. The van der Waals surface area contributed by atoms with Crippen LogP contribution in [-0.2, 0) is 9.59 Å². The van der Waals surface area contributed by atoms with Crippen molar-refractivity contribution in [2.75, 3.05) is 12.4 Å². The molecular weight excluding hydrogens is 403 g/mol. The van der Waals surface area contributed by atoms with Crippen LogP contribution in [0.15, 0.2) is 35.5 Å². The quantitative estimate of drug-likeness (QED) is 0.638. The molecule has 5 rings (SSSR count). The second-order valence-electron chi connectivity index (χ2n) is 11.3. The van der Waals surface area contributed by atoms with Crippen molar-refractivity contribution in [2.45, 2.75) is 65.7 Å². The van der Waals surface area contributed by atoms with E-state index in [-0.39, 0.29) is 34.4 Å². The third kappa shape index (κ3) is 3.07. The predicted molar refractivity (Wildman–Crippen MR) is 123 cm³/mol. The number of likely N-dealkylation sites (tertiary alicyclic amines) is 1. The number of carbonyl (C=O) groups is 2. The van der Waals surface area contributed by atoms with Crippen molar-refractivity contribution < 1.29 is 14.0 Å². The molecule has 0 radical (unpaired) electrons. The molecule has 0 spiro atoms. The van der Waals surface area contributed by atoms with Crippen LogP contribution in [0.4, 0.5) is 10.1 Å². The van der Waals surface area contributed by atoms with Crippen molar-refractivity contribution >= 4 is 17.5 Å². The lowest BCUT2D eigenvalue weighted by molar-refractivity contribution is -0.137. The molecule has 2 amide bonds. The van der Waals surface area contributed by atoms with Crippen molar-refractivity contribution in [3.63, 3.8) is 0 Å². The van der Waals surface area contributed by atoms with Gasteiger partial charge in [0.1, 0.15) is 5.82 Å². The van der Waals surface area contributed by atoms with Gasteiger partial charge >= 0.3 is 0 Å². The highest BCUT2D eigenvalue weighted by Gasteiger charge is 2.61. The monoisotopic (exact) mass is 438 g/mol. The summed E-state index contributed by atoms with van der Waals surface area (Å²) < 4.78 is 13.3. The van der Waals surface area contributed by atoms with Gasteiger partial charge in [0.05, 0.1) is 0 Å². The van der Waals surface area contributed by atoms with E-state index in [1.807, 2.05) is 11.9 Å². The fourth-order valence-electron chi connectivity index (χ4n) is 8.30. The third-order valence-corrected chi connectivity index (χ3v) is 9.74. The average molecular weight is 439 g/mol. The number of nitrogens with one attached hydrogen (secondary N) is 1. The standard InChI is InChI=1S/C27H35FN2O2/c1-16-15-19-20-9-10-22(25(32)29-18-7-5-17(28)6-8-18)26(20,2)13-11-21(19)27(3)14-12-23(31)30(4)24(16)27/h5-8,19-22H,9-15H2,1-4H3,(H,29,32)/t19?,20-,21?,22+,26-,27+/m0/s1. The zero-order valence-corrected chi connectivity index (χ0v) is 19.7. The highest BCUT2D eigenvalue weighted by molar-refractivity contribution is 5.93. The maximum atomic E-state index is 13.3. The predicted octanol–water partition coefficient (Wildman–Crippen LogP) is 5.76. The van der Waals surface area contributed by atoms with Crippen LogP contribution in [0.1, 0.15) is 65.7 Å². The first-order valence-electron chi connectivity index (χ1n) is 12.2. The first-order valence-corrected chi connectivity index (χ1v) is 12.2. The number of carbonyl (C=O) groups excluding carboxylic acids is 2. The number of halogens is 1. The van der Waals surface area contributed by atoms with E-state index < -0.39 is 0 Å². The van der Waals surface area contributed by atoms with Gasteiger partial charge in [0, 0.05) is 36.2 Å². The van der Waals surface area contributed by atoms with E-state index in [9.17, 15) is 14.0 Å². The number of hydrogen-bond acceptors (Lipinski definition) is 2. The van der Waals surface area contributed by atoms with Gasteiger partial charge < -0.3 is 10.2 Å². The lowest BCUT2D eigenvalue weighted by Crippen LogP contribution is -2.54. The fourth-order valence-corrected chi connectivity index (χ4v) is 8.30. The lowest BCUT2D eigenvalue weighted by atomic mass is 9.48. The van der Waals surface area contributed by atoms with Gasteiger partial charge in [-0.25, -0.2) is 4.39 Å². The molecule has 2 unspecified atom stereocenters. The Balaban J connectivity index is 1.41. The molecule has 1 aliphatic heterocycles. The summed E-state index contributed by atoms with van der Waals surface area (Å²) in [6, 6.07) is 6.05. The number of hydrogen-bond donors (Lipinski definition) is 1. The van der Waals surface area contributed by atoms with Crippen LogP contribution in [0.5, 0.6) is 0 Å². The molecule has 2 saturated carbocycles. The number of nitrogens with zero attached hydrogens (tertiary/aromatic N) is 1. The van der Waals surface area contributed by atoms with Crippen LogP contribution in [-0.4, -0.2) is 23.8 Å². The molecule has 0 bridgehead atoms. The van der Waals surface area contributed by atoms with Gasteiger partial charge in [-0.3, -0.25) is 9.59 Å². The number of benzene rings is 1. The smallest absolute Gasteiger partial charge is 0.228 e. The topological polar surface area (TPSA) is 49.4 Å². The van der Waals surface area contributed by atoms with Gasteiger partial charge in [-0.2, -0.15) is 0 Å². The second-order valence-corrected chi connectivity index (χ2v) is 11.3. The van der Waals surface area contributed by atoms with E-state index in [0.29, 0.717) is 29.9 Å². The maximum absolute atomic E-state index is 13.3. The number of rotatable bonds is 2. The number of allylic oxidation sites excluding steroid dienone is 2. The van der Waals surface area contributed by atoms with Gasteiger partial charge in [0.25, 0.3) is 0 Å². The summed E-state index contributed by atoms with van der Waals surface area (Å²) in [5, 5.41) is 3.05. The molecule has 4 aliphatic rings. The maximum Gasteiger partial charge on any atom is 0.228 e. The van der Waals surface area contributed by atoms with Crippen LogP contribution < -0.4 is 5.32 Å². The Morgan fingerprint density at radius 1 is 1.09 bits per heavy atom. The van der Waals surface area contributed by atoms with Gasteiger partial charge in [-0.1, -0.05) is 19.4 Å². The van der Waals surface area contributed by atoms with Crippen LogP contribution in [0.25, 0.3) is 0 Å². The van der Waals surface area contributed by atoms with Crippen molar-refractivity contribution in [3.8, 4) is 0 Å². The molecular formula is C27H35FN2O2. The van der Waals surface area contributed by atoms with Crippen molar-refractivity contribution in [1.82, 2.24) is 4.90 Å². The molecule has 1 N–H and O–H groups in total. The molecule has 0 aromatic heterocycles. The molecule has 32 heavy (non-hydrogen) atoms. The summed E-state index contributed by atoms with van der Waals surface area (Å²) in [4.78, 5) is 27.7. The number of fused-ring (bicyclic) bond motifs is 5. The lowest BCUT2D eigenvalue weighted by Gasteiger charge is -2.59. The SMILES string of the molecule is CC1=C2N(C)C(=O)CC[C@]2(C)C2CC[C@]3(C)[C@@H](C(=O)Nc4ccc(F)cc4)CC[C@H]3C2C1. The van der Waals surface area contributed by atoms with E-state index in [2.05, 4.69) is 26.1 Å². The highest BCUT2D eigenvalue weighted by atomic mass is 19.1. The van der Waals surface area contributed by atoms with Crippen LogP contribution in [0, 0.1) is 40.3 Å². The Morgan fingerprint density at radius 3 is 2.53 bits per heavy atom. The van der Waals surface area contributed by atoms with Crippen molar-refractivity contribution in [1.29, 1.82) is 0 Å². The van der Waals surface area contributed by atoms with E-state index in [1.54, 1.807) is 12.1 Å². The Kier molecular flexibility index (Phi) is 5.03. The Morgan fingerprint density at radius 2 is 1.81 bits per heavy atom. The Hall–Kier alpha value is -2.17. The van der Waals surface area contributed by atoms with E-state index in [0.717, 1.165) is 38.5 Å². The second kappa shape index (κ2) is 7.43. The molecule has 4 nitrogen and oxygen atoms in total. The number of amides is 2. The molecule has 1 aromatic rings. The highest BCUT2D eigenvalue weighted by Crippen LogP contribution is 2.66. The molecule has 3 aliphatic carbocycles. The summed E-state index contributed by atoms with van der Waals surface area (Å²) in [5.74, 6) is 1.71. The molecule has 1 aromatic carbocycles. The van der Waals surface area contributed by atoms with Crippen molar-refractivity contribution in [3.05, 3.63) is 41.4 Å². The normalized spacial score (nSPS) is 38.8. The van der Waals surface area contributed by atoms with Gasteiger partial charge in [-0.05, 0) is 92.9 Å². The Labute approximate surface area is 190 Å². The van der Waals surface area contributed by atoms with E-state index in [4.69, 9.17) is 0 Å². The largest absolute Gasteiger partial charge is 0.326 e. The number of anilines is 1. The Bertz CT molecular complexity index is 986. The van der Waals surface area contributed by atoms with Crippen LogP contribution >= 0.6 is 0 Å². The summed E-state index contributed by atoms with van der Waals surface area (Å²) in [7, 11) is 1.96.